The van der Waals surface area contributed by atoms with Crippen LogP contribution in [0.4, 0.5) is 0 Å². The van der Waals surface area contributed by atoms with Crippen molar-refractivity contribution in [2.24, 2.45) is 5.84 Å². The van der Waals surface area contributed by atoms with Gasteiger partial charge in [-0.3, -0.25) is 15.8 Å². The number of hydrogen-bond acceptors (Lipinski definition) is 5. The molecule has 2 aromatic heterocycles. The Morgan fingerprint density at radius 1 is 1.30 bits per heavy atom. The van der Waals surface area contributed by atoms with Gasteiger partial charge in [0.2, 0.25) is 0 Å². The van der Waals surface area contributed by atoms with Gasteiger partial charge in [-0.15, -0.1) is 0 Å². The molecule has 0 saturated heterocycles. The lowest BCUT2D eigenvalue weighted by atomic mass is 9.99. The maximum atomic E-state index is 5.71. The number of nitrogens with zero attached hydrogens (tertiary/aromatic N) is 2. The Kier molecular flexibility index (Phi) is 4.65. The Labute approximate surface area is 119 Å². The van der Waals surface area contributed by atoms with Crippen molar-refractivity contribution in [2.75, 3.05) is 0 Å². The highest BCUT2D eigenvalue weighted by Crippen LogP contribution is 2.25. The molecule has 1 unspecified atom stereocenters. The van der Waals surface area contributed by atoms with Gasteiger partial charge < -0.3 is 4.74 Å². The minimum absolute atomic E-state index is 0.108. The van der Waals surface area contributed by atoms with Crippen LogP contribution in [0.15, 0.2) is 36.8 Å². The SMILES string of the molecule is Cc1ncccc1C(NN)c1cncc(OC(C)C)c1. The lowest BCUT2D eigenvalue weighted by Gasteiger charge is -2.19. The van der Waals surface area contributed by atoms with E-state index in [-0.39, 0.29) is 12.1 Å². The maximum absolute atomic E-state index is 5.71. The third-order valence-corrected chi connectivity index (χ3v) is 2.96. The molecule has 0 aliphatic carbocycles. The normalized spacial score (nSPS) is 12.4. The quantitative estimate of drug-likeness (QED) is 0.644. The van der Waals surface area contributed by atoms with E-state index in [9.17, 15) is 0 Å². The van der Waals surface area contributed by atoms with Gasteiger partial charge >= 0.3 is 0 Å². The molecule has 5 nitrogen and oxygen atoms in total. The Morgan fingerprint density at radius 2 is 2.10 bits per heavy atom. The fourth-order valence-corrected chi connectivity index (χ4v) is 2.10. The number of nitrogens with one attached hydrogen (secondary N) is 1. The number of aryl methyl sites for hydroxylation is 1. The van der Waals surface area contributed by atoms with Crippen LogP contribution in [0.1, 0.15) is 36.7 Å². The second kappa shape index (κ2) is 6.45. The van der Waals surface area contributed by atoms with Crippen molar-refractivity contribution in [3.63, 3.8) is 0 Å². The summed E-state index contributed by atoms with van der Waals surface area (Å²) in [5.41, 5.74) is 5.73. The van der Waals surface area contributed by atoms with E-state index in [1.807, 2.05) is 39.0 Å². The molecule has 2 heterocycles. The first-order chi connectivity index (χ1) is 9.61. The molecule has 0 bridgehead atoms. The zero-order valence-electron chi connectivity index (χ0n) is 12.0. The van der Waals surface area contributed by atoms with Gasteiger partial charge in [-0.05, 0) is 44.0 Å². The summed E-state index contributed by atoms with van der Waals surface area (Å²) in [7, 11) is 0. The largest absolute Gasteiger partial charge is 0.489 e. The summed E-state index contributed by atoms with van der Waals surface area (Å²) in [6, 6.07) is 5.69. The summed E-state index contributed by atoms with van der Waals surface area (Å²) >= 11 is 0. The molecule has 0 aromatic carbocycles. The lowest BCUT2D eigenvalue weighted by molar-refractivity contribution is 0.241. The van der Waals surface area contributed by atoms with E-state index in [1.165, 1.54) is 0 Å². The molecule has 3 N–H and O–H groups in total. The first-order valence-electron chi connectivity index (χ1n) is 6.61. The minimum Gasteiger partial charge on any atom is -0.489 e. The molecule has 106 valence electrons. The van der Waals surface area contributed by atoms with E-state index in [1.54, 1.807) is 18.6 Å². The molecule has 0 aliphatic rings. The Morgan fingerprint density at radius 3 is 2.75 bits per heavy atom. The van der Waals surface area contributed by atoms with Crippen LogP contribution in [-0.4, -0.2) is 16.1 Å². The summed E-state index contributed by atoms with van der Waals surface area (Å²) < 4.78 is 5.67. The molecule has 0 spiro atoms. The highest BCUT2D eigenvalue weighted by atomic mass is 16.5. The molecular formula is C15H20N4O. The first kappa shape index (κ1) is 14.4. The smallest absolute Gasteiger partial charge is 0.138 e. The third kappa shape index (κ3) is 3.31. The van der Waals surface area contributed by atoms with Crippen LogP contribution in [-0.2, 0) is 0 Å². The Hall–Kier alpha value is -1.98. The Bertz CT molecular complexity index is 571. The number of pyridine rings is 2. The van der Waals surface area contributed by atoms with Crippen LogP contribution in [0.25, 0.3) is 0 Å². The van der Waals surface area contributed by atoms with E-state index >= 15 is 0 Å². The monoisotopic (exact) mass is 272 g/mol. The van der Waals surface area contributed by atoms with E-state index in [0.717, 1.165) is 22.6 Å². The van der Waals surface area contributed by atoms with Gasteiger partial charge in [0.05, 0.1) is 18.3 Å². The number of hydrogen-bond donors (Lipinski definition) is 2. The summed E-state index contributed by atoms with van der Waals surface area (Å²) in [5, 5.41) is 0. The van der Waals surface area contributed by atoms with Gasteiger partial charge in [-0.1, -0.05) is 6.07 Å². The average molecular weight is 272 g/mol. The van der Waals surface area contributed by atoms with Crippen LogP contribution in [0, 0.1) is 6.92 Å². The van der Waals surface area contributed by atoms with Gasteiger partial charge in [-0.2, -0.15) is 0 Å². The molecule has 5 heteroatoms. The molecule has 0 fully saturated rings. The van der Waals surface area contributed by atoms with E-state index in [0.29, 0.717) is 0 Å². The average Bonchev–Trinajstić information content (AvgIpc) is 2.41. The number of rotatable bonds is 5. The Balaban J connectivity index is 2.35. The predicted molar refractivity (Wildman–Crippen MR) is 78.1 cm³/mol. The van der Waals surface area contributed by atoms with Crippen LogP contribution < -0.4 is 16.0 Å². The molecule has 0 radical (unpaired) electrons. The number of aromatic nitrogens is 2. The zero-order chi connectivity index (χ0) is 14.5. The number of hydrazine groups is 1. The molecule has 0 aliphatic heterocycles. The number of nitrogens with two attached hydrogens (primary N) is 1. The lowest BCUT2D eigenvalue weighted by Crippen LogP contribution is -2.29. The minimum atomic E-state index is -0.160. The summed E-state index contributed by atoms with van der Waals surface area (Å²) in [4.78, 5) is 8.52. The first-order valence-corrected chi connectivity index (χ1v) is 6.61. The van der Waals surface area contributed by atoms with E-state index in [2.05, 4.69) is 15.4 Å². The van der Waals surface area contributed by atoms with Crippen molar-refractivity contribution in [2.45, 2.75) is 32.9 Å². The maximum Gasteiger partial charge on any atom is 0.138 e. The fourth-order valence-electron chi connectivity index (χ4n) is 2.10. The third-order valence-electron chi connectivity index (χ3n) is 2.96. The van der Waals surface area contributed by atoms with Crippen molar-refractivity contribution >= 4 is 0 Å². The van der Waals surface area contributed by atoms with Crippen LogP contribution in [0.5, 0.6) is 5.75 Å². The van der Waals surface area contributed by atoms with Gasteiger partial charge in [0.1, 0.15) is 5.75 Å². The van der Waals surface area contributed by atoms with Gasteiger partial charge in [-0.25, -0.2) is 5.43 Å². The van der Waals surface area contributed by atoms with E-state index < -0.39 is 0 Å². The molecule has 2 rings (SSSR count). The summed E-state index contributed by atoms with van der Waals surface area (Å²) in [5.74, 6) is 6.45. The van der Waals surface area contributed by atoms with Crippen molar-refractivity contribution < 1.29 is 4.74 Å². The second-order valence-corrected chi connectivity index (χ2v) is 4.90. The predicted octanol–water partition coefficient (Wildman–Crippen LogP) is 2.12. The van der Waals surface area contributed by atoms with Crippen LogP contribution in [0.3, 0.4) is 0 Å². The van der Waals surface area contributed by atoms with Gasteiger partial charge in [0.25, 0.3) is 0 Å². The van der Waals surface area contributed by atoms with E-state index in [4.69, 9.17) is 10.6 Å². The van der Waals surface area contributed by atoms with Crippen molar-refractivity contribution in [1.29, 1.82) is 0 Å². The standard InChI is InChI=1S/C15H20N4O/c1-10(2)20-13-7-12(8-17-9-13)15(19-16)14-5-4-6-18-11(14)3/h4-10,15,19H,16H2,1-3H3. The molecule has 20 heavy (non-hydrogen) atoms. The van der Waals surface area contributed by atoms with Crippen LogP contribution in [0.2, 0.25) is 0 Å². The zero-order valence-corrected chi connectivity index (χ0v) is 12.0. The van der Waals surface area contributed by atoms with Crippen LogP contribution >= 0.6 is 0 Å². The molecule has 0 amide bonds. The fraction of sp³-hybridized carbons (Fsp3) is 0.333. The van der Waals surface area contributed by atoms with Crippen molar-refractivity contribution in [3.05, 3.63) is 53.6 Å². The van der Waals surface area contributed by atoms with Crippen molar-refractivity contribution in [3.8, 4) is 5.75 Å². The van der Waals surface area contributed by atoms with Crippen molar-refractivity contribution in [1.82, 2.24) is 15.4 Å². The summed E-state index contributed by atoms with van der Waals surface area (Å²) in [6.07, 6.45) is 5.36. The van der Waals surface area contributed by atoms with Gasteiger partial charge in [0.15, 0.2) is 0 Å². The second-order valence-electron chi connectivity index (χ2n) is 4.90. The molecule has 0 saturated carbocycles. The molecule has 1 atom stereocenters. The molecular weight excluding hydrogens is 252 g/mol. The number of ether oxygens (including phenoxy) is 1. The summed E-state index contributed by atoms with van der Waals surface area (Å²) in [6.45, 7) is 5.93. The molecule has 2 aromatic rings. The highest BCUT2D eigenvalue weighted by Gasteiger charge is 2.16. The highest BCUT2D eigenvalue weighted by molar-refractivity contribution is 5.35. The van der Waals surface area contributed by atoms with Gasteiger partial charge in [0, 0.05) is 18.1 Å². The topological polar surface area (TPSA) is 73.1 Å².